The van der Waals surface area contributed by atoms with Gasteiger partial charge in [-0.3, -0.25) is 4.79 Å². The Kier molecular flexibility index (Phi) is 4.55. The number of aromatic amines is 1. The van der Waals surface area contributed by atoms with Crippen molar-refractivity contribution < 1.29 is 9.25 Å². The SMILES string of the molecule is COc1cccc(-c2c3c(=O)n(CCc4cccs4)ccc3nc3nc(C)[nH][n+]23)c1. The van der Waals surface area contributed by atoms with Crippen molar-refractivity contribution in [2.75, 3.05) is 7.11 Å². The zero-order valence-corrected chi connectivity index (χ0v) is 17.4. The number of methoxy groups -OCH3 is 1. The van der Waals surface area contributed by atoms with E-state index in [0.29, 0.717) is 23.2 Å². The molecule has 5 aromatic rings. The number of fused-ring (bicyclic) bond motifs is 2. The molecule has 0 unspecified atom stereocenters. The van der Waals surface area contributed by atoms with Crippen molar-refractivity contribution in [2.45, 2.75) is 19.9 Å². The number of nitrogens with one attached hydrogen (secondary N) is 1. The maximum atomic E-state index is 13.5. The minimum atomic E-state index is -0.0731. The lowest BCUT2D eigenvalue weighted by molar-refractivity contribution is -0.567. The first-order valence-electron chi connectivity index (χ1n) is 9.62. The number of H-pyrrole nitrogens is 1. The zero-order chi connectivity index (χ0) is 20.7. The van der Waals surface area contributed by atoms with Gasteiger partial charge in [0, 0.05) is 30.1 Å². The number of aryl methyl sites for hydroxylation is 3. The van der Waals surface area contributed by atoms with E-state index in [4.69, 9.17) is 4.74 Å². The van der Waals surface area contributed by atoms with Crippen LogP contribution in [-0.4, -0.2) is 26.7 Å². The Morgan fingerprint density at radius 1 is 1.20 bits per heavy atom. The summed E-state index contributed by atoms with van der Waals surface area (Å²) >= 11 is 1.70. The summed E-state index contributed by atoms with van der Waals surface area (Å²) in [5, 5.41) is 5.82. The van der Waals surface area contributed by atoms with Crippen LogP contribution in [0.25, 0.3) is 27.9 Å². The van der Waals surface area contributed by atoms with Crippen LogP contribution in [0.5, 0.6) is 5.75 Å². The molecule has 0 aliphatic carbocycles. The highest BCUT2D eigenvalue weighted by atomic mass is 32.1. The first-order chi connectivity index (χ1) is 14.6. The molecule has 0 saturated heterocycles. The Morgan fingerprint density at radius 2 is 2.10 bits per heavy atom. The fourth-order valence-corrected chi connectivity index (χ4v) is 4.37. The summed E-state index contributed by atoms with van der Waals surface area (Å²) in [4.78, 5) is 23.9. The number of rotatable bonds is 5. The second-order valence-electron chi connectivity index (χ2n) is 7.04. The molecule has 0 aliphatic rings. The van der Waals surface area contributed by atoms with Gasteiger partial charge in [0.2, 0.25) is 5.82 Å². The summed E-state index contributed by atoms with van der Waals surface area (Å²) < 4.78 is 8.93. The number of hydrogen-bond donors (Lipinski definition) is 1. The number of ether oxygens (including phenoxy) is 1. The average molecular weight is 419 g/mol. The highest BCUT2D eigenvalue weighted by Gasteiger charge is 2.24. The van der Waals surface area contributed by atoms with E-state index < -0.39 is 0 Å². The van der Waals surface area contributed by atoms with Crippen molar-refractivity contribution >= 4 is 28.0 Å². The van der Waals surface area contributed by atoms with E-state index in [-0.39, 0.29) is 5.56 Å². The second-order valence-corrected chi connectivity index (χ2v) is 8.07. The molecule has 0 amide bonds. The molecule has 0 spiro atoms. The summed E-state index contributed by atoms with van der Waals surface area (Å²) in [6.07, 6.45) is 2.63. The molecular formula is C22H20N5O2S+. The minimum absolute atomic E-state index is 0.0731. The number of aromatic nitrogens is 5. The van der Waals surface area contributed by atoms with Gasteiger partial charge in [-0.05, 0) is 36.1 Å². The Morgan fingerprint density at radius 3 is 2.90 bits per heavy atom. The quantitative estimate of drug-likeness (QED) is 0.445. The van der Waals surface area contributed by atoms with Crippen LogP contribution in [-0.2, 0) is 13.0 Å². The van der Waals surface area contributed by atoms with Crippen LogP contribution in [0.3, 0.4) is 0 Å². The van der Waals surface area contributed by atoms with Crippen LogP contribution in [0, 0.1) is 6.92 Å². The van der Waals surface area contributed by atoms with E-state index >= 15 is 0 Å². The van der Waals surface area contributed by atoms with Crippen molar-refractivity contribution in [1.29, 1.82) is 0 Å². The van der Waals surface area contributed by atoms with Crippen molar-refractivity contribution in [3.8, 4) is 17.0 Å². The molecule has 5 rings (SSSR count). The summed E-state index contributed by atoms with van der Waals surface area (Å²) in [6, 6.07) is 13.7. The zero-order valence-electron chi connectivity index (χ0n) is 16.6. The number of nitrogens with zero attached hydrogens (tertiary/aromatic N) is 4. The van der Waals surface area contributed by atoms with E-state index in [0.717, 1.165) is 29.3 Å². The van der Waals surface area contributed by atoms with Crippen LogP contribution >= 0.6 is 11.3 Å². The number of thiophene rings is 1. The molecule has 8 heteroatoms. The van der Waals surface area contributed by atoms with Crippen molar-refractivity contribution in [1.82, 2.24) is 19.6 Å². The predicted molar refractivity (Wildman–Crippen MR) is 116 cm³/mol. The molecule has 0 aliphatic heterocycles. The Hall–Kier alpha value is -3.52. The molecule has 0 fully saturated rings. The summed E-state index contributed by atoms with van der Waals surface area (Å²) in [5.74, 6) is 1.96. The molecule has 7 nitrogen and oxygen atoms in total. The predicted octanol–water partition coefficient (Wildman–Crippen LogP) is 3.15. The third-order valence-corrected chi connectivity index (χ3v) is 6.02. The molecule has 1 aromatic carbocycles. The maximum Gasteiger partial charge on any atom is 0.458 e. The maximum absolute atomic E-state index is 13.5. The standard InChI is InChI=1S/C22H19N5O2S/c1-14-23-22-24-18-9-11-26(10-8-17-7-4-12-30-17)21(28)19(18)20(27(22)25-14)15-5-3-6-16(13-15)29-2/h3-7,9,11-13H,8,10H2,1-2H3/p+1. The van der Waals surface area contributed by atoms with Gasteiger partial charge in [0.05, 0.1) is 7.11 Å². The molecule has 4 heterocycles. The van der Waals surface area contributed by atoms with Gasteiger partial charge in [-0.25, -0.2) is 5.10 Å². The normalized spacial score (nSPS) is 11.4. The van der Waals surface area contributed by atoms with Crippen molar-refractivity contribution in [3.05, 3.63) is 75.1 Å². The van der Waals surface area contributed by atoms with E-state index in [1.54, 1.807) is 27.5 Å². The van der Waals surface area contributed by atoms with Crippen LogP contribution in [0.2, 0.25) is 0 Å². The molecule has 0 atom stereocenters. The molecule has 0 radical (unpaired) electrons. The first-order valence-corrected chi connectivity index (χ1v) is 10.5. The lowest BCUT2D eigenvalue weighted by Gasteiger charge is -2.09. The van der Waals surface area contributed by atoms with Crippen molar-refractivity contribution in [3.63, 3.8) is 0 Å². The van der Waals surface area contributed by atoms with Gasteiger partial charge in [0.25, 0.3) is 5.56 Å². The molecule has 150 valence electrons. The number of benzene rings is 1. The molecular weight excluding hydrogens is 398 g/mol. The van der Waals surface area contributed by atoms with E-state index in [1.165, 1.54) is 4.88 Å². The molecule has 0 bridgehead atoms. The van der Waals surface area contributed by atoms with E-state index in [1.807, 2.05) is 49.5 Å². The monoisotopic (exact) mass is 418 g/mol. The van der Waals surface area contributed by atoms with Crippen molar-refractivity contribution in [2.24, 2.45) is 0 Å². The van der Waals surface area contributed by atoms with E-state index in [2.05, 4.69) is 26.5 Å². The largest absolute Gasteiger partial charge is 0.497 e. The fraction of sp³-hybridized carbons (Fsp3) is 0.182. The Bertz CT molecular complexity index is 1420. The number of pyridine rings is 1. The van der Waals surface area contributed by atoms with Gasteiger partial charge in [0.15, 0.2) is 11.2 Å². The molecule has 0 saturated carbocycles. The lowest BCUT2D eigenvalue weighted by atomic mass is 10.1. The van der Waals surface area contributed by atoms with Gasteiger partial charge in [-0.1, -0.05) is 28.2 Å². The van der Waals surface area contributed by atoms with Crippen LogP contribution in [0.1, 0.15) is 10.7 Å². The third-order valence-electron chi connectivity index (χ3n) is 5.09. The fourth-order valence-electron chi connectivity index (χ4n) is 3.67. The topological polar surface area (TPSA) is 76.9 Å². The number of hydrogen-bond acceptors (Lipinski definition) is 5. The third kappa shape index (κ3) is 3.15. The minimum Gasteiger partial charge on any atom is -0.497 e. The smallest absolute Gasteiger partial charge is 0.458 e. The van der Waals surface area contributed by atoms with Gasteiger partial charge in [-0.15, -0.1) is 15.9 Å². The van der Waals surface area contributed by atoms with Gasteiger partial charge >= 0.3 is 5.78 Å². The molecule has 4 aromatic heterocycles. The molecule has 1 N–H and O–H groups in total. The lowest BCUT2D eigenvalue weighted by Crippen LogP contribution is -2.32. The Labute approximate surface area is 176 Å². The van der Waals surface area contributed by atoms with Gasteiger partial charge in [0.1, 0.15) is 11.1 Å². The van der Waals surface area contributed by atoms with Crippen LogP contribution in [0.15, 0.2) is 58.8 Å². The van der Waals surface area contributed by atoms with Gasteiger partial charge < -0.3 is 9.30 Å². The molecule has 30 heavy (non-hydrogen) atoms. The highest BCUT2D eigenvalue weighted by molar-refractivity contribution is 7.09. The summed E-state index contributed by atoms with van der Waals surface area (Å²) in [5.41, 5.74) is 2.13. The summed E-state index contributed by atoms with van der Waals surface area (Å²) in [7, 11) is 1.63. The van der Waals surface area contributed by atoms with Gasteiger partial charge in [-0.2, -0.15) is 0 Å². The first kappa shape index (κ1) is 18.5. The van der Waals surface area contributed by atoms with E-state index in [9.17, 15) is 4.79 Å². The highest BCUT2D eigenvalue weighted by Crippen LogP contribution is 2.26. The van der Waals surface area contributed by atoms with Crippen LogP contribution < -0.4 is 14.8 Å². The second kappa shape index (κ2) is 7.38. The summed E-state index contributed by atoms with van der Waals surface area (Å²) in [6.45, 7) is 2.48. The Balaban J connectivity index is 1.76. The van der Waals surface area contributed by atoms with Crippen LogP contribution in [0.4, 0.5) is 0 Å². The average Bonchev–Trinajstić information content (AvgIpc) is 3.40.